The number of nitrogens with zero attached hydrogens (tertiary/aromatic N) is 1. The van der Waals surface area contributed by atoms with Gasteiger partial charge in [-0.15, -0.1) is 0 Å². The van der Waals surface area contributed by atoms with Gasteiger partial charge in [0.05, 0.1) is 16.7 Å². The summed E-state index contributed by atoms with van der Waals surface area (Å²) in [5.41, 5.74) is 8.67. The molecule has 0 atom stereocenters. The summed E-state index contributed by atoms with van der Waals surface area (Å²) >= 11 is 0. The maximum atomic E-state index is 6.08. The van der Waals surface area contributed by atoms with Crippen molar-refractivity contribution in [1.29, 1.82) is 0 Å². The minimum atomic E-state index is 0. The second-order valence-corrected chi connectivity index (χ2v) is 6.54. The standard InChI is InChI=1S/C13H9N2.C10H14.ClH.Ru/c14-13-9-5-1-3-7-11(9)15-12-8-4-2-6-10(12)13;1-8(2)10-6-4-9(3)5-7-10;;/h1-5,7-8H,(H2,14,15);4-8H,1-3H3;1H;/q;;;+2/p-1. The van der Waals surface area contributed by atoms with Crippen molar-refractivity contribution in [2.45, 2.75) is 20.8 Å². The third kappa shape index (κ3) is 5.90. The number of benzene rings is 2. The first-order valence-electron chi connectivity index (χ1n) is 8.57. The molecule has 3 aromatic rings. The van der Waals surface area contributed by atoms with Crippen LogP contribution in [0.15, 0.2) is 42.5 Å². The summed E-state index contributed by atoms with van der Waals surface area (Å²) < 4.78 is 0. The Morgan fingerprint density at radius 3 is 2.22 bits per heavy atom. The van der Waals surface area contributed by atoms with Crippen LogP contribution in [0.4, 0.5) is 5.69 Å². The molecule has 1 aliphatic carbocycles. The minimum Gasteiger partial charge on any atom is -1.00 e. The molecule has 27 heavy (non-hydrogen) atoms. The summed E-state index contributed by atoms with van der Waals surface area (Å²) in [5.74, 6) is 3.41. The Kier molecular flexibility index (Phi) is 9.70. The van der Waals surface area contributed by atoms with Gasteiger partial charge in [0.2, 0.25) is 0 Å². The number of para-hydroxylation sites is 1. The zero-order valence-electron chi connectivity index (χ0n) is 15.7. The number of rotatable bonds is 1. The molecule has 139 valence electrons. The average Bonchev–Trinajstić information content (AvgIpc) is 2.63. The summed E-state index contributed by atoms with van der Waals surface area (Å²) in [4.78, 5) is 4.53. The van der Waals surface area contributed by atoms with Crippen LogP contribution in [0.5, 0.6) is 0 Å². The Bertz CT molecular complexity index is 788. The predicted molar refractivity (Wildman–Crippen MR) is 107 cm³/mol. The molecule has 0 unspecified atom stereocenters. The Balaban J connectivity index is 0.000000271. The topological polar surface area (TPSA) is 38.9 Å². The molecule has 1 fully saturated rings. The van der Waals surface area contributed by atoms with Crippen LogP contribution in [0.3, 0.4) is 0 Å². The molecule has 0 saturated heterocycles. The maximum absolute atomic E-state index is 6.08. The average molecular weight is 464 g/mol. The van der Waals surface area contributed by atoms with E-state index in [0.29, 0.717) is 5.92 Å². The Morgan fingerprint density at radius 1 is 0.926 bits per heavy atom. The van der Waals surface area contributed by atoms with Crippen molar-refractivity contribution in [2.24, 2.45) is 5.92 Å². The van der Waals surface area contributed by atoms with Crippen LogP contribution in [0.25, 0.3) is 21.8 Å². The SMILES string of the molecule is C[C]1[CH][CH][C](C(C)C)[CH][CH]1.Nc1c2[c]cccc2nc2ccccc12.[Cl-].[Ru+2]. The molecule has 0 aliphatic heterocycles. The van der Waals surface area contributed by atoms with Crippen LogP contribution < -0.4 is 18.1 Å². The van der Waals surface area contributed by atoms with E-state index >= 15 is 0 Å². The zero-order valence-corrected chi connectivity index (χ0v) is 18.2. The molecule has 2 nitrogen and oxygen atoms in total. The fraction of sp³-hybridized carbons (Fsp3) is 0.174. The van der Waals surface area contributed by atoms with Crippen LogP contribution >= 0.6 is 0 Å². The van der Waals surface area contributed by atoms with Gasteiger partial charge in [0.1, 0.15) is 0 Å². The maximum Gasteiger partial charge on any atom is 2.00 e. The first-order valence-corrected chi connectivity index (χ1v) is 8.57. The summed E-state index contributed by atoms with van der Waals surface area (Å²) in [7, 11) is 0. The van der Waals surface area contributed by atoms with E-state index in [9.17, 15) is 0 Å². The number of nitrogen functional groups attached to an aromatic ring is 1. The number of halogens is 1. The molecule has 2 aromatic carbocycles. The summed E-state index contributed by atoms with van der Waals surface area (Å²) in [6.07, 6.45) is 8.71. The van der Waals surface area contributed by atoms with E-state index in [1.54, 1.807) is 0 Å². The fourth-order valence-corrected chi connectivity index (χ4v) is 2.75. The summed E-state index contributed by atoms with van der Waals surface area (Å²) in [6, 6.07) is 16.7. The van der Waals surface area contributed by atoms with Crippen molar-refractivity contribution >= 4 is 27.5 Å². The molecular weight excluding hydrogens is 441 g/mol. The molecule has 4 heteroatoms. The second kappa shape index (κ2) is 11.0. The quantitative estimate of drug-likeness (QED) is 0.444. The van der Waals surface area contributed by atoms with E-state index in [1.165, 1.54) is 11.8 Å². The largest absolute Gasteiger partial charge is 2.00 e. The van der Waals surface area contributed by atoms with Gasteiger partial charge in [0.25, 0.3) is 0 Å². The molecule has 1 aromatic heterocycles. The van der Waals surface area contributed by atoms with Crippen molar-refractivity contribution in [1.82, 2.24) is 4.98 Å². The minimum absolute atomic E-state index is 0. The fourth-order valence-electron chi connectivity index (χ4n) is 2.75. The van der Waals surface area contributed by atoms with Crippen LogP contribution in [0.1, 0.15) is 20.8 Å². The van der Waals surface area contributed by atoms with Crippen LogP contribution in [-0.2, 0) is 19.5 Å². The third-order valence-electron chi connectivity index (χ3n) is 4.28. The van der Waals surface area contributed by atoms with Gasteiger partial charge in [-0.25, -0.2) is 4.98 Å². The van der Waals surface area contributed by atoms with Gasteiger partial charge in [-0.2, -0.15) is 0 Å². The molecule has 0 amide bonds. The molecule has 1 aliphatic rings. The van der Waals surface area contributed by atoms with E-state index in [-0.39, 0.29) is 31.9 Å². The number of hydrogen-bond donors (Lipinski definition) is 1. The number of fused-ring (bicyclic) bond motifs is 2. The monoisotopic (exact) mass is 464 g/mol. The number of hydrogen-bond acceptors (Lipinski definition) is 2. The van der Waals surface area contributed by atoms with E-state index in [1.807, 2.05) is 42.5 Å². The Morgan fingerprint density at radius 2 is 1.56 bits per heavy atom. The molecule has 2 N–H and O–H groups in total. The zero-order chi connectivity index (χ0) is 17.8. The summed E-state index contributed by atoms with van der Waals surface area (Å²) in [6.45, 7) is 6.54. The van der Waals surface area contributed by atoms with Gasteiger partial charge in [0.15, 0.2) is 0 Å². The molecule has 0 spiro atoms. The second-order valence-electron chi connectivity index (χ2n) is 6.54. The van der Waals surface area contributed by atoms with Crippen LogP contribution in [0.2, 0.25) is 0 Å². The number of nitrogens with two attached hydrogens (primary N) is 1. The van der Waals surface area contributed by atoms with E-state index < -0.39 is 0 Å². The van der Waals surface area contributed by atoms with Gasteiger partial charge < -0.3 is 18.1 Å². The molecule has 1 heterocycles. The predicted octanol–water partition coefficient (Wildman–Crippen LogP) is 2.41. The number of aromatic nitrogens is 1. The molecule has 4 rings (SSSR count). The van der Waals surface area contributed by atoms with Gasteiger partial charge in [-0.1, -0.05) is 51.1 Å². The van der Waals surface area contributed by atoms with Crippen molar-refractivity contribution in [3.05, 3.63) is 86.1 Å². The third-order valence-corrected chi connectivity index (χ3v) is 4.28. The van der Waals surface area contributed by atoms with Crippen molar-refractivity contribution in [3.63, 3.8) is 0 Å². The number of anilines is 1. The first kappa shape index (κ1) is 23.9. The van der Waals surface area contributed by atoms with Gasteiger partial charge in [0, 0.05) is 10.8 Å². The first-order chi connectivity index (χ1) is 12.1. The van der Waals surface area contributed by atoms with Gasteiger partial charge >= 0.3 is 19.5 Å². The normalized spacial score (nSPS) is 15.0. The smallest absolute Gasteiger partial charge is 1.00 e. The molecule has 7 radical (unpaired) electrons. The Hall–Kier alpha value is -1.18. The Labute approximate surface area is 182 Å². The van der Waals surface area contributed by atoms with Crippen molar-refractivity contribution < 1.29 is 31.9 Å². The van der Waals surface area contributed by atoms with E-state index in [2.05, 4.69) is 57.5 Å². The molecule has 1 saturated carbocycles. The van der Waals surface area contributed by atoms with Crippen molar-refractivity contribution in [2.75, 3.05) is 5.73 Å². The number of pyridine rings is 1. The molecule has 0 bridgehead atoms. The van der Waals surface area contributed by atoms with E-state index in [4.69, 9.17) is 5.73 Å². The van der Waals surface area contributed by atoms with Crippen LogP contribution in [0, 0.1) is 49.5 Å². The molecular formula is C23H23ClN2Ru+. The van der Waals surface area contributed by atoms with Crippen molar-refractivity contribution in [3.8, 4) is 0 Å². The van der Waals surface area contributed by atoms with E-state index in [0.717, 1.165) is 27.5 Å². The van der Waals surface area contributed by atoms with Gasteiger partial charge in [-0.3, -0.25) is 0 Å². The van der Waals surface area contributed by atoms with Crippen LogP contribution in [-0.4, -0.2) is 4.98 Å². The summed E-state index contributed by atoms with van der Waals surface area (Å²) in [5, 5.41) is 1.89. The van der Waals surface area contributed by atoms with Gasteiger partial charge in [-0.05, 0) is 61.6 Å².